The largest absolute Gasteiger partial charge is 0.494 e. The molecular formula is C14H13F3N2O2. The maximum absolute atomic E-state index is 12.6. The van der Waals surface area contributed by atoms with Crippen molar-refractivity contribution < 1.29 is 22.6 Å². The summed E-state index contributed by atoms with van der Waals surface area (Å²) in [6.07, 6.45) is -3.84. The van der Waals surface area contributed by atoms with E-state index < -0.39 is 11.7 Å². The normalized spacial score (nSPS) is 11.2. The first-order valence-corrected chi connectivity index (χ1v) is 6.13. The number of nitrogens with zero attached hydrogens (tertiary/aromatic N) is 1. The van der Waals surface area contributed by atoms with Gasteiger partial charge < -0.3 is 15.2 Å². The number of anilines is 1. The number of hydrogen-bond donors (Lipinski definition) is 1. The number of halogens is 3. The summed E-state index contributed by atoms with van der Waals surface area (Å²) in [5.74, 6) is 0.720. The van der Waals surface area contributed by atoms with E-state index in [4.69, 9.17) is 15.2 Å². The molecule has 2 aromatic rings. The SMILES string of the molecule is CCOc1ccc(Oc2cc(C(F)(F)F)cnc2N)cc1. The topological polar surface area (TPSA) is 57.4 Å². The second-order valence-corrected chi connectivity index (χ2v) is 4.11. The number of nitrogen functional groups attached to an aromatic ring is 1. The van der Waals surface area contributed by atoms with Gasteiger partial charge in [0, 0.05) is 6.20 Å². The lowest BCUT2D eigenvalue weighted by atomic mass is 10.2. The highest BCUT2D eigenvalue weighted by atomic mass is 19.4. The molecule has 2 N–H and O–H groups in total. The maximum atomic E-state index is 12.6. The molecule has 0 aliphatic heterocycles. The number of ether oxygens (including phenoxy) is 2. The van der Waals surface area contributed by atoms with Crippen LogP contribution in [-0.2, 0) is 6.18 Å². The predicted octanol–water partition coefficient (Wildman–Crippen LogP) is 3.87. The zero-order valence-electron chi connectivity index (χ0n) is 11.1. The van der Waals surface area contributed by atoms with Gasteiger partial charge in [-0.2, -0.15) is 13.2 Å². The smallest absolute Gasteiger partial charge is 0.418 e. The summed E-state index contributed by atoms with van der Waals surface area (Å²) in [5, 5.41) is 0. The third-order valence-electron chi connectivity index (χ3n) is 2.57. The van der Waals surface area contributed by atoms with Crippen molar-refractivity contribution >= 4 is 5.82 Å². The number of aromatic nitrogens is 1. The summed E-state index contributed by atoms with van der Waals surface area (Å²) in [7, 11) is 0. The Kier molecular flexibility index (Phi) is 4.21. The van der Waals surface area contributed by atoms with E-state index in [0.717, 1.165) is 6.07 Å². The fourth-order valence-corrected chi connectivity index (χ4v) is 1.59. The lowest BCUT2D eigenvalue weighted by Crippen LogP contribution is -2.07. The van der Waals surface area contributed by atoms with Gasteiger partial charge in [0.15, 0.2) is 11.6 Å². The van der Waals surface area contributed by atoms with Crippen LogP contribution in [0.1, 0.15) is 12.5 Å². The Morgan fingerprint density at radius 2 is 1.76 bits per heavy atom. The Balaban J connectivity index is 2.22. The summed E-state index contributed by atoms with van der Waals surface area (Å²) >= 11 is 0. The highest BCUT2D eigenvalue weighted by Crippen LogP contribution is 2.34. The Labute approximate surface area is 119 Å². The third kappa shape index (κ3) is 3.77. The first kappa shape index (κ1) is 15.0. The van der Waals surface area contributed by atoms with E-state index in [1.807, 2.05) is 6.92 Å². The van der Waals surface area contributed by atoms with Gasteiger partial charge in [0.25, 0.3) is 0 Å². The van der Waals surface area contributed by atoms with Gasteiger partial charge >= 0.3 is 6.18 Å². The lowest BCUT2D eigenvalue weighted by molar-refractivity contribution is -0.137. The Morgan fingerprint density at radius 3 is 2.33 bits per heavy atom. The van der Waals surface area contributed by atoms with Crippen LogP contribution in [0.5, 0.6) is 17.2 Å². The number of pyridine rings is 1. The summed E-state index contributed by atoms with van der Waals surface area (Å²) in [4.78, 5) is 3.50. The van der Waals surface area contributed by atoms with Crippen molar-refractivity contribution in [1.82, 2.24) is 4.98 Å². The first-order chi connectivity index (χ1) is 9.90. The summed E-state index contributed by atoms with van der Waals surface area (Å²) < 4.78 is 48.5. The number of alkyl halides is 3. The molecular weight excluding hydrogens is 285 g/mol. The molecule has 0 spiro atoms. The van der Waals surface area contributed by atoms with Crippen LogP contribution in [0.3, 0.4) is 0 Å². The number of hydrogen-bond acceptors (Lipinski definition) is 4. The highest BCUT2D eigenvalue weighted by molar-refractivity contribution is 5.50. The second kappa shape index (κ2) is 5.90. The molecule has 0 radical (unpaired) electrons. The van der Waals surface area contributed by atoms with Crippen molar-refractivity contribution in [2.45, 2.75) is 13.1 Å². The molecule has 0 amide bonds. The summed E-state index contributed by atoms with van der Waals surface area (Å²) in [5.41, 5.74) is 4.61. The number of rotatable bonds is 4. The van der Waals surface area contributed by atoms with Crippen molar-refractivity contribution in [1.29, 1.82) is 0 Å². The van der Waals surface area contributed by atoms with E-state index in [1.165, 1.54) is 0 Å². The average Bonchev–Trinajstić information content (AvgIpc) is 2.42. The van der Waals surface area contributed by atoms with Crippen LogP contribution in [0.25, 0.3) is 0 Å². The molecule has 112 valence electrons. The van der Waals surface area contributed by atoms with Gasteiger partial charge in [-0.05, 0) is 37.3 Å². The van der Waals surface area contributed by atoms with Gasteiger partial charge in [0.2, 0.25) is 0 Å². The Morgan fingerprint density at radius 1 is 1.14 bits per heavy atom. The van der Waals surface area contributed by atoms with Crippen molar-refractivity contribution in [3.8, 4) is 17.2 Å². The Bertz CT molecular complexity index is 613. The van der Waals surface area contributed by atoms with Gasteiger partial charge in [0.05, 0.1) is 12.2 Å². The van der Waals surface area contributed by atoms with E-state index in [9.17, 15) is 13.2 Å². The molecule has 0 unspecified atom stereocenters. The van der Waals surface area contributed by atoms with E-state index in [0.29, 0.717) is 24.3 Å². The quantitative estimate of drug-likeness (QED) is 0.930. The van der Waals surface area contributed by atoms with Gasteiger partial charge in [-0.15, -0.1) is 0 Å². The molecule has 1 aromatic carbocycles. The maximum Gasteiger partial charge on any atom is 0.418 e. The van der Waals surface area contributed by atoms with Crippen LogP contribution in [0.2, 0.25) is 0 Å². The molecule has 0 bridgehead atoms. The third-order valence-corrected chi connectivity index (χ3v) is 2.57. The molecule has 7 heteroatoms. The molecule has 0 aliphatic rings. The molecule has 21 heavy (non-hydrogen) atoms. The van der Waals surface area contributed by atoms with Crippen LogP contribution in [0.15, 0.2) is 36.5 Å². The van der Waals surface area contributed by atoms with Crippen LogP contribution >= 0.6 is 0 Å². The highest BCUT2D eigenvalue weighted by Gasteiger charge is 2.32. The minimum atomic E-state index is -4.50. The Hall–Kier alpha value is -2.44. The van der Waals surface area contributed by atoms with Gasteiger partial charge in [-0.25, -0.2) is 4.98 Å². The van der Waals surface area contributed by atoms with Crippen molar-refractivity contribution in [2.75, 3.05) is 12.3 Å². The minimum absolute atomic E-state index is 0.114. The molecule has 0 fully saturated rings. The number of nitrogens with two attached hydrogens (primary N) is 1. The zero-order valence-corrected chi connectivity index (χ0v) is 11.1. The molecule has 4 nitrogen and oxygen atoms in total. The van der Waals surface area contributed by atoms with E-state index in [1.54, 1.807) is 24.3 Å². The number of benzene rings is 1. The van der Waals surface area contributed by atoms with Crippen LogP contribution < -0.4 is 15.2 Å². The van der Waals surface area contributed by atoms with Crippen LogP contribution in [-0.4, -0.2) is 11.6 Å². The standard InChI is InChI=1S/C14H13F3N2O2/c1-2-20-10-3-5-11(6-4-10)21-12-7-9(14(15,16)17)8-19-13(12)18/h3-8H,2H2,1H3,(H2,18,19). The molecule has 1 heterocycles. The lowest BCUT2D eigenvalue weighted by Gasteiger charge is -2.12. The summed E-state index contributed by atoms with van der Waals surface area (Å²) in [6.45, 7) is 2.37. The molecule has 0 saturated carbocycles. The van der Waals surface area contributed by atoms with Crippen molar-refractivity contribution in [2.24, 2.45) is 0 Å². The van der Waals surface area contributed by atoms with Gasteiger partial charge in [0.1, 0.15) is 11.5 Å². The van der Waals surface area contributed by atoms with Gasteiger partial charge in [-0.3, -0.25) is 0 Å². The van der Waals surface area contributed by atoms with Crippen LogP contribution in [0.4, 0.5) is 19.0 Å². The minimum Gasteiger partial charge on any atom is -0.494 e. The first-order valence-electron chi connectivity index (χ1n) is 6.13. The van der Waals surface area contributed by atoms with E-state index in [-0.39, 0.29) is 11.6 Å². The fourth-order valence-electron chi connectivity index (χ4n) is 1.59. The predicted molar refractivity (Wildman–Crippen MR) is 71.3 cm³/mol. The van der Waals surface area contributed by atoms with Crippen molar-refractivity contribution in [3.05, 3.63) is 42.1 Å². The fraction of sp³-hybridized carbons (Fsp3) is 0.214. The zero-order chi connectivity index (χ0) is 15.5. The van der Waals surface area contributed by atoms with Crippen LogP contribution in [0, 0.1) is 0 Å². The molecule has 0 aliphatic carbocycles. The van der Waals surface area contributed by atoms with E-state index >= 15 is 0 Å². The molecule has 1 aromatic heterocycles. The molecule has 2 rings (SSSR count). The average molecular weight is 298 g/mol. The van der Waals surface area contributed by atoms with E-state index in [2.05, 4.69) is 4.98 Å². The van der Waals surface area contributed by atoms with Gasteiger partial charge in [-0.1, -0.05) is 0 Å². The monoisotopic (exact) mass is 298 g/mol. The molecule has 0 atom stereocenters. The second-order valence-electron chi connectivity index (χ2n) is 4.11. The van der Waals surface area contributed by atoms with Crippen molar-refractivity contribution in [3.63, 3.8) is 0 Å². The molecule has 0 saturated heterocycles. The summed E-state index contributed by atoms with van der Waals surface area (Å²) in [6, 6.07) is 7.26.